The van der Waals surface area contributed by atoms with Crippen LogP contribution in [-0.2, 0) is 4.79 Å². The van der Waals surface area contributed by atoms with Crippen molar-refractivity contribution in [2.24, 2.45) is 21.9 Å². The minimum Gasteiger partial charge on any atom is -0.356 e. The lowest BCUT2D eigenvalue weighted by Gasteiger charge is -2.30. The maximum atomic E-state index is 12.1. The van der Waals surface area contributed by atoms with E-state index in [0.29, 0.717) is 19.6 Å². The number of rotatable bonds is 6. The summed E-state index contributed by atoms with van der Waals surface area (Å²) in [6, 6.07) is 0. The quantitative estimate of drug-likeness (QED) is 0.542. The first-order valence-electron chi connectivity index (χ1n) is 6.02. The Balaban J connectivity index is 2.71. The molecule has 98 valence electrons. The number of nitrogens with two attached hydrogens (primary N) is 2. The third-order valence-corrected chi connectivity index (χ3v) is 2.89. The fourth-order valence-corrected chi connectivity index (χ4v) is 1.96. The van der Waals surface area contributed by atoms with Gasteiger partial charge in [-0.2, -0.15) is 0 Å². The summed E-state index contributed by atoms with van der Waals surface area (Å²) in [6.07, 6.45) is 0. The predicted octanol–water partition coefficient (Wildman–Crippen LogP) is -1.24. The van der Waals surface area contributed by atoms with E-state index in [2.05, 4.69) is 15.2 Å². The summed E-state index contributed by atoms with van der Waals surface area (Å²) in [5.74, 6) is 0.795. The minimum absolute atomic E-state index is 0.0365. The summed E-state index contributed by atoms with van der Waals surface area (Å²) >= 11 is 0. The molecule has 6 heteroatoms. The van der Waals surface area contributed by atoms with Crippen molar-refractivity contribution >= 4 is 11.7 Å². The Morgan fingerprint density at radius 2 is 2.18 bits per heavy atom. The van der Waals surface area contributed by atoms with Crippen LogP contribution >= 0.6 is 0 Å². The average molecular weight is 241 g/mol. The second kappa shape index (κ2) is 5.97. The van der Waals surface area contributed by atoms with E-state index in [0.717, 1.165) is 25.5 Å². The van der Waals surface area contributed by atoms with Crippen LogP contribution in [0.2, 0.25) is 0 Å². The van der Waals surface area contributed by atoms with E-state index in [9.17, 15) is 4.79 Å². The highest BCUT2D eigenvalue weighted by atomic mass is 16.2. The smallest absolute Gasteiger partial charge is 0.233 e. The molecule has 0 bridgehead atoms. The summed E-state index contributed by atoms with van der Waals surface area (Å²) < 4.78 is 0. The number of nitrogens with one attached hydrogen (secondary N) is 1. The Hall–Kier alpha value is -1.14. The molecule has 1 heterocycles. The summed E-state index contributed by atoms with van der Waals surface area (Å²) in [5.41, 5.74) is 10.3. The Bertz CT molecular complexity index is 300. The summed E-state index contributed by atoms with van der Waals surface area (Å²) in [4.78, 5) is 18.6. The lowest BCUT2D eigenvalue weighted by molar-refractivity contribution is -0.126. The van der Waals surface area contributed by atoms with Crippen LogP contribution in [-0.4, -0.2) is 55.9 Å². The first-order valence-corrected chi connectivity index (χ1v) is 6.02. The number of hydrogen-bond donors (Lipinski definition) is 3. The number of amides is 1. The van der Waals surface area contributed by atoms with Crippen LogP contribution in [0.3, 0.4) is 0 Å². The third-order valence-electron chi connectivity index (χ3n) is 2.89. The SMILES string of the molecule is CC(C)(C(=O)NCCN)C1=NCCN1CCN. The van der Waals surface area contributed by atoms with E-state index in [1.54, 1.807) is 0 Å². The number of carbonyl (C=O) groups excluding carboxylic acids is 1. The number of carbonyl (C=O) groups is 1. The second-order valence-electron chi connectivity index (χ2n) is 4.65. The molecule has 0 atom stereocenters. The zero-order valence-electron chi connectivity index (χ0n) is 10.7. The van der Waals surface area contributed by atoms with Crippen molar-refractivity contribution in [1.29, 1.82) is 0 Å². The maximum absolute atomic E-state index is 12.1. The molecule has 0 saturated carbocycles. The topological polar surface area (TPSA) is 96.7 Å². The standard InChI is InChI=1S/C11H23N5O/c1-11(2,10(17)15-5-3-12)9-14-6-8-16(9)7-4-13/h3-8,12-13H2,1-2H3,(H,15,17). The Kier molecular flexibility index (Phi) is 4.89. The molecule has 0 spiro atoms. The number of nitrogens with zero attached hydrogens (tertiary/aromatic N) is 2. The Morgan fingerprint density at radius 1 is 1.47 bits per heavy atom. The molecule has 0 aliphatic carbocycles. The van der Waals surface area contributed by atoms with Gasteiger partial charge in [0.25, 0.3) is 0 Å². The molecule has 1 aliphatic heterocycles. The van der Waals surface area contributed by atoms with Gasteiger partial charge in [-0.3, -0.25) is 9.79 Å². The maximum Gasteiger partial charge on any atom is 0.233 e. The highest BCUT2D eigenvalue weighted by Gasteiger charge is 2.38. The van der Waals surface area contributed by atoms with Crippen molar-refractivity contribution in [1.82, 2.24) is 10.2 Å². The van der Waals surface area contributed by atoms with E-state index < -0.39 is 5.41 Å². The first-order chi connectivity index (χ1) is 8.04. The van der Waals surface area contributed by atoms with Crippen LogP contribution < -0.4 is 16.8 Å². The van der Waals surface area contributed by atoms with E-state index >= 15 is 0 Å². The summed E-state index contributed by atoms with van der Waals surface area (Å²) in [5, 5.41) is 2.81. The molecular formula is C11H23N5O. The molecule has 6 nitrogen and oxygen atoms in total. The molecule has 0 unspecified atom stereocenters. The van der Waals surface area contributed by atoms with Crippen molar-refractivity contribution in [2.45, 2.75) is 13.8 Å². The van der Waals surface area contributed by atoms with Crippen LogP contribution in [0.5, 0.6) is 0 Å². The van der Waals surface area contributed by atoms with Gasteiger partial charge < -0.3 is 21.7 Å². The van der Waals surface area contributed by atoms with Gasteiger partial charge in [0.1, 0.15) is 11.3 Å². The molecule has 17 heavy (non-hydrogen) atoms. The molecule has 0 aromatic rings. The number of aliphatic imine (C=N–C) groups is 1. The van der Waals surface area contributed by atoms with Gasteiger partial charge in [0, 0.05) is 32.7 Å². The summed E-state index contributed by atoms with van der Waals surface area (Å²) in [6.45, 7) is 7.60. The summed E-state index contributed by atoms with van der Waals surface area (Å²) in [7, 11) is 0. The van der Waals surface area contributed by atoms with E-state index in [-0.39, 0.29) is 5.91 Å². The molecule has 0 aromatic carbocycles. The van der Waals surface area contributed by atoms with Crippen molar-refractivity contribution < 1.29 is 4.79 Å². The van der Waals surface area contributed by atoms with Gasteiger partial charge in [-0.25, -0.2) is 0 Å². The lowest BCUT2D eigenvalue weighted by Crippen LogP contribution is -2.49. The van der Waals surface area contributed by atoms with Gasteiger partial charge in [-0.15, -0.1) is 0 Å². The highest BCUT2D eigenvalue weighted by molar-refractivity contribution is 6.07. The van der Waals surface area contributed by atoms with E-state index in [4.69, 9.17) is 11.5 Å². The molecule has 0 fully saturated rings. The van der Waals surface area contributed by atoms with Gasteiger partial charge in [0.05, 0.1) is 6.54 Å². The predicted molar refractivity (Wildman–Crippen MR) is 68.8 cm³/mol. The lowest BCUT2D eigenvalue weighted by atomic mass is 9.89. The zero-order valence-corrected chi connectivity index (χ0v) is 10.7. The fraction of sp³-hybridized carbons (Fsp3) is 0.818. The third kappa shape index (κ3) is 3.17. The van der Waals surface area contributed by atoms with E-state index in [1.807, 2.05) is 13.8 Å². The zero-order chi connectivity index (χ0) is 12.9. The molecule has 1 rings (SSSR count). The van der Waals surface area contributed by atoms with Crippen LogP contribution in [0, 0.1) is 5.41 Å². The molecule has 0 saturated heterocycles. The van der Waals surface area contributed by atoms with Crippen molar-refractivity contribution in [2.75, 3.05) is 39.3 Å². The van der Waals surface area contributed by atoms with Crippen LogP contribution in [0.4, 0.5) is 0 Å². The van der Waals surface area contributed by atoms with Crippen molar-refractivity contribution in [3.05, 3.63) is 0 Å². The van der Waals surface area contributed by atoms with Gasteiger partial charge in [0.2, 0.25) is 5.91 Å². The first kappa shape index (κ1) is 13.9. The van der Waals surface area contributed by atoms with Crippen LogP contribution in [0.15, 0.2) is 4.99 Å². The normalized spacial score (nSPS) is 16.0. The molecule has 5 N–H and O–H groups in total. The Labute approximate surface area is 102 Å². The fourth-order valence-electron chi connectivity index (χ4n) is 1.96. The van der Waals surface area contributed by atoms with Crippen LogP contribution in [0.1, 0.15) is 13.8 Å². The van der Waals surface area contributed by atoms with Crippen molar-refractivity contribution in [3.63, 3.8) is 0 Å². The monoisotopic (exact) mass is 241 g/mol. The van der Waals surface area contributed by atoms with E-state index in [1.165, 1.54) is 0 Å². The Morgan fingerprint density at radius 3 is 2.76 bits per heavy atom. The number of amidine groups is 1. The van der Waals surface area contributed by atoms with Gasteiger partial charge >= 0.3 is 0 Å². The van der Waals surface area contributed by atoms with Gasteiger partial charge in [0.15, 0.2) is 0 Å². The van der Waals surface area contributed by atoms with Crippen LogP contribution in [0.25, 0.3) is 0 Å². The van der Waals surface area contributed by atoms with Gasteiger partial charge in [-0.1, -0.05) is 0 Å². The number of hydrogen-bond acceptors (Lipinski definition) is 5. The van der Waals surface area contributed by atoms with Crippen molar-refractivity contribution in [3.8, 4) is 0 Å². The highest BCUT2D eigenvalue weighted by Crippen LogP contribution is 2.23. The largest absolute Gasteiger partial charge is 0.356 e. The molecule has 1 amide bonds. The average Bonchev–Trinajstić information content (AvgIpc) is 2.75. The molecule has 0 radical (unpaired) electrons. The second-order valence-corrected chi connectivity index (χ2v) is 4.65. The minimum atomic E-state index is -0.624. The molecule has 0 aromatic heterocycles. The molecular weight excluding hydrogens is 218 g/mol. The van der Waals surface area contributed by atoms with Gasteiger partial charge in [-0.05, 0) is 13.8 Å². The molecule has 1 aliphatic rings.